The van der Waals surface area contributed by atoms with Gasteiger partial charge in [-0.2, -0.15) is 4.39 Å². The highest BCUT2D eigenvalue weighted by molar-refractivity contribution is 5.85. The third-order valence-corrected chi connectivity index (χ3v) is 2.59. The Bertz CT molecular complexity index is 369. The summed E-state index contributed by atoms with van der Waals surface area (Å²) in [6.45, 7) is 0. The number of hydrogen-bond donors (Lipinski definition) is 2. The first kappa shape index (κ1) is 12.2. The summed E-state index contributed by atoms with van der Waals surface area (Å²) in [4.78, 5) is 0. The largest absolute Gasteiger partial charge is 0.505 e. The van der Waals surface area contributed by atoms with Gasteiger partial charge in [-0.05, 0) is 24.8 Å². The van der Waals surface area contributed by atoms with Crippen molar-refractivity contribution < 1.29 is 13.9 Å². The fraction of sp³-hybridized carbons (Fsp3) is 0.400. The molecule has 0 aromatic heterocycles. The minimum Gasteiger partial charge on any atom is -0.505 e. The minimum absolute atomic E-state index is 0. The zero-order valence-electron chi connectivity index (χ0n) is 7.91. The highest BCUT2D eigenvalue weighted by atomic mass is 35.5. The van der Waals surface area contributed by atoms with Gasteiger partial charge < -0.3 is 10.8 Å². The van der Waals surface area contributed by atoms with Crippen LogP contribution in [0.15, 0.2) is 12.1 Å². The highest BCUT2D eigenvalue weighted by Crippen LogP contribution is 2.42. The van der Waals surface area contributed by atoms with Crippen molar-refractivity contribution in [3.63, 3.8) is 0 Å². The third kappa shape index (κ3) is 2.21. The van der Waals surface area contributed by atoms with Gasteiger partial charge in [-0.15, -0.1) is 12.4 Å². The molecule has 1 saturated carbocycles. The van der Waals surface area contributed by atoms with Crippen molar-refractivity contribution in [1.82, 2.24) is 0 Å². The smallest absolute Gasteiger partial charge is 0.200 e. The maximum Gasteiger partial charge on any atom is 0.200 e. The van der Waals surface area contributed by atoms with E-state index in [9.17, 15) is 13.9 Å². The van der Waals surface area contributed by atoms with Gasteiger partial charge in [0.25, 0.3) is 0 Å². The fourth-order valence-electron chi connectivity index (χ4n) is 1.53. The van der Waals surface area contributed by atoms with Crippen LogP contribution in [0.5, 0.6) is 5.75 Å². The number of phenols is 1. The molecule has 0 unspecified atom stereocenters. The standard InChI is InChI=1S/C10H11F2NO.ClH/c11-7-4-3-6(10(14)8(7)12)9(13)5-1-2-5;/h3-5,9,14H,1-2,13H2;1H/t9-;/m1./s1. The normalized spacial score (nSPS) is 17.0. The Morgan fingerprint density at radius 1 is 1.33 bits per heavy atom. The molecule has 0 radical (unpaired) electrons. The van der Waals surface area contributed by atoms with E-state index >= 15 is 0 Å². The van der Waals surface area contributed by atoms with Gasteiger partial charge in [0.15, 0.2) is 11.6 Å². The average Bonchev–Trinajstić information content (AvgIpc) is 2.97. The van der Waals surface area contributed by atoms with Gasteiger partial charge in [-0.1, -0.05) is 6.07 Å². The molecule has 0 aliphatic heterocycles. The summed E-state index contributed by atoms with van der Waals surface area (Å²) in [5.41, 5.74) is 6.07. The average molecular weight is 236 g/mol. The molecule has 1 aliphatic carbocycles. The Balaban J connectivity index is 0.00000112. The lowest BCUT2D eigenvalue weighted by Crippen LogP contribution is -2.13. The van der Waals surface area contributed by atoms with Gasteiger partial charge in [0, 0.05) is 11.6 Å². The molecule has 1 atom stereocenters. The molecule has 0 saturated heterocycles. The Morgan fingerprint density at radius 2 is 1.93 bits per heavy atom. The summed E-state index contributed by atoms with van der Waals surface area (Å²) in [6, 6.07) is 1.95. The molecule has 0 spiro atoms. The summed E-state index contributed by atoms with van der Waals surface area (Å²) in [5.74, 6) is -2.61. The van der Waals surface area contributed by atoms with Gasteiger partial charge in [0.2, 0.25) is 5.82 Å². The molecule has 5 heteroatoms. The van der Waals surface area contributed by atoms with Crippen LogP contribution in [0.2, 0.25) is 0 Å². The number of nitrogens with two attached hydrogens (primary N) is 1. The van der Waals surface area contributed by atoms with Crippen LogP contribution in [0.25, 0.3) is 0 Å². The predicted molar refractivity (Wildman–Crippen MR) is 54.9 cm³/mol. The lowest BCUT2D eigenvalue weighted by atomic mass is 10.0. The molecule has 0 heterocycles. The lowest BCUT2D eigenvalue weighted by molar-refractivity contribution is 0.394. The van der Waals surface area contributed by atoms with Crippen LogP contribution < -0.4 is 5.73 Å². The van der Waals surface area contributed by atoms with Crippen molar-refractivity contribution in [3.8, 4) is 5.75 Å². The molecule has 1 fully saturated rings. The first-order valence-electron chi connectivity index (χ1n) is 4.53. The number of aromatic hydroxyl groups is 1. The van der Waals surface area contributed by atoms with E-state index in [1.54, 1.807) is 0 Å². The fourth-order valence-corrected chi connectivity index (χ4v) is 1.53. The van der Waals surface area contributed by atoms with Crippen molar-refractivity contribution in [2.75, 3.05) is 0 Å². The Kier molecular flexibility index (Phi) is 3.52. The summed E-state index contributed by atoms with van der Waals surface area (Å²) in [6.07, 6.45) is 1.97. The van der Waals surface area contributed by atoms with Crippen LogP contribution in [0.4, 0.5) is 8.78 Å². The van der Waals surface area contributed by atoms with Crippen molar-refractivity contribution in [1.29, 1.82) is 0 Å². The first-order chi connectivity index (χ1) is 6.61. The maximum atomic E-state index is 13.0. The zero-order chi connectivity index (χ0) is 10.3. The zero-order valence-corrected chi connectivity index (χ0v) is 8.73. The van der Waals surface area contributed by atoms with Crippen LogP contribution in [0.3, 0.4) is 0 Å². The minimum atomic E-state index is -1.21. The Hall–Kier alpha value is -0.870. The summed E-state index contributed by atoms with van der Waals surface area (Å²) in [7, 11) is 0. The van der Waals surface area contributed by atoms with Gasteiger partial charge in [0.1, 0.15) is 0 Å². The van der Waals surface area contributed by atoms with Crippen LogP contribution in [-0.4, -0.2) is 5.11 Å². The topological polar surface area (TPSA) is 46.2 Å². The summed E-state index contributed by atoms with van der Waals surface area (Å²) < 4.78 is 25.6. The van der Waals surface area contributed by atoms with Crippen molar-refractivity contribution in [3.05, 3.63) is 29.3 Å². The molecule has 84 valence electrons. The molecule has 15 heavy (non-hydrogen) atoms. The number of hydrogen-bond acceptors (Lipinski definition) is 2. The first-order valence-corrected chi connectivity index (χ1v) is 4.53. The molecule has 1 aromatic rings. The maximum absolute atomic E-state index is 13.0. The van der Waals surface area contributed by atoms with E-state index in [2.05, 4.69) is 0 Å². The van der Waals surface area contributed by atoms with Gasteiger partial charge in [0.05, 0.1) is 0 Å². The predicted octanol–water partition coefficient (Wildman–Crippen LogP) is 2.50. The number of phenolic OH excluding ortho intramolecular Hbond substituents is 1. The Morgan fingerprint density at radius 3 is 2.47 bits per heavy atom. The molecular weight excluding hydrogens is 224 g/mol. The van der Waals surface area contributed by atoms with Crippen molar-refractivity contribution in [2.45, 2.75) is 18.9 Å². The Labute approximate surface area is 92.5 Å². The van der Waals surface area contributed by atoms with E-state index in [1.165, 1.54) is 6.07 Å². The van der Waals surface area contributed by atoms with Crippen LogP contribution >= 0.6 is 12.4 Å². The molecule has 3 N–H and O–H groups in total. The SMILES string of the molecule is Cl.N[C@@H](c1ccc(F)c(F)c1O)C1CC1. The second-order valence-electron chi connectivity index (χ2n) is 3.66. The molecule has 1 aliphatic rings. The van der Waals surface area contributed by atoms with Crippen LogP contribution in [-0.2, 0) is 0 Å². The van der Waals surface area contributed by atoms with E-state index in [0.717, 1.165) is 18.9 Å². The van der Waals surface area contributed by atoms with E-state index in [0.29, 0.717) is 11.5 Å². The quantitative estimate of drug-likeness (QED) is 0.827. The molecule has 1 aromatic carbocycles. The lowest BCUT2D eigenvalue weighted by Gasteiger charge is -2.12. The third-order valence-electron chi connectivity index (χ3n) is 2.59. The molecule has 2 nitrogen and oxygen atoms in total. The van der Waals surface area contributed by atoms with Crippen LogP contribution in [0.1, 0.15) is 24.4 Å². The number of rotatable bonds is 2. The monoisotopic (exact) mass is 235 g/mol. The molecule has 2 rings (SSSR count). The van der Waals surface area contributed by atoms with Gasteiger partial charge in [-0.3, -0.25) is 0 Å². The highest BCUT2D eigenvalue weighted by Gasteiger charge is 2.32. The molecule has 0 bridgehead atoms. The van der Waals surface area contributed by atoms with Gasteiger partial charge in [-0.25, -0.2) is 4.39 Å². The van der Waals surface area contributed by atoms with Crippen molar-refractivity contribution in [2.24, 2.45) is 11.7 Å². The molecular formula is C10H12ClF2NO. The molecule has 0 amide bonds. The van der Waals surface area contributed by atoms with Crippen molar-refractivity contribution >= 4 is 12.4 Å². The van der Waals surface area contributed by atoms with E-state index in [1.807, 2.05) is 0 Å². The van der Waals surface area contributed by atoms with Gasteiger partial charge >= 0.3 is 0 Å². The second-order valence-corrected chi connectivity index (χ2v) is 3.66. The summed E-state index contributed by atoms with van der Waals surface area (Å²) >= 11 is 0. The second kappa shape index (κ2) is 4.33. The van der Waals surface area contributed by atoms with E-state index in [-0.39, 0.29) is 18.4 Å². The van der Waals surface area contributed by atoms with E-state index in [4.69, 9.17) is 5.73 Å². The number of halogens is 3. The van der Waals surface area contributed by atoms with E-state index < -0.39 is 17.4 Å². The van der Waals surface area contributed by atoms with Crippen LogP contribution in [0, 0.1) is 17.6 Å². The number of benzene rings is 1. The summed E-state index contributed by atoms with van der Waals surface area (Å²) in [5, 5.41) is 9.33.